The highest BCUT2D eigenvalue weighted by molar-refractivity contribution is 5.69. The monoisotopic (exact) mass is 326 g/mol. The zero-order valence-corrected chi connectivity index (χ0v) is 15.5. The summed E-state index contributed by atoms with van der Waals surface area (Å²) in [5, 5.41) is 0. The van der Waals surface area contributed by atoms with Crippen molar-refractivity contribution < 1.29 is 14.3 Å². The Hall–Kier alpha value is -0.570. The van der Waals surface area contributed by atoms with Gasteiger partial charge in [0.1, 0.15) is 0 Å². The Morgan fingerprint density at radius 1 is 0.870 bits per heavy atom. The lowest BCUT2D eigenvalue weighted by atomic mass is 9.96. The number of esters is 1. The minimum atomic E-state index is -0.116. The zero-order valence-electron chi connectivity index (χ0n) is 15.5. The minimum Gasteiger partial charge on any atom is -0.469 e. The first-order chi connectivity index (χ1) is 11.2. The number of hydrogen-bond donors (Lipinski definition) is 0. The smallest absolute Gasteiger partial charge is 0.305 e. The standard InChI is InChI=1S/C20H38O3/c1-3-4-5-6-7-8-9-10-11-12-13-14-16-20(18-23-20)17-15-19(21)22-2/h3-18H2,1-2H3. The summed E-state index contributed by atoms with van der Waals surface area (Å²) < 4.78 is 10.3. The first-order valence-corrected chi connectivity index (χ1v) is 9.93. The molecule has 1 atom stereocenters. The van der Waals surface area contributed by atoms with E-state index in [2.05, 4.69) is 6.92 Å². The molecule has 0 radical (unpaired) electrons. The van der Waals surface area contributed by atoms with Crippen LogP contribution in [0.3, 0.4) is 0 Å². The second kappa shape index (κ2) is 12.8. The highest BCUT2D eigenvalue weighted by Gasteiger charge is 2.43. The average Bonchev–Trinajstić information content (AvgIpc) is 3.34. The summed E-state index contributed by atoms with van der Waals surface area (Å²) >= 11 is 0. The summed E-state index contributed by atoms with van der Waals surface area (Å²) in [4.78, 5) is 11.2. The van der Waals surface area contributed by atoms with Crippen molar-refractivity contribution >= 4 is 5.97 Å². The summed E-state index contributed by atoms with van der Waals surface area (Å²) in [7, 11) is 1.45. The summed E-state index contributed by atoms with van der Waals surface area (Å²) in [5.41, 5.74) is 0.0205. The molecule has 1 rings (SSSR count). The van der Waals surface area contributed by atoms with Gasteiger partial charge in [0.2, 0.25) is 0 Å². The highest BCUT2D eigenvalue weighted by atomic mass is 16.6. The highest BCUT2D eigenvalue weighted by Crippen LogP contribution is 2.37. The fourth-order valence-corrected chi connectivity index (χ4v) is 3.24. The molecule has 0 amide bonds. The van der Waals surface area contributed by atoms with E-state index in [0.717, 1.165) is 19.4 Å². The normalized spacial score (nSPS) is 19.7. The van der Waals surface area contributed by atoms with E-state index in [1.54, 1.807) is 0 Å². The molecular formula is C20H38O3. The third kappa shape index (κ3) is 10.8. The molecule has 1 fully saturated rings. The summed E-state index contributed by atoms with van der Waals surface area (Å²) in [6, 6.07) is 0. The molecule has 3 nitrogen and oxygen atoms in total. The van der Waals surface area contributed by atoms with Crippen molar-refractivity contribution in [3.8, 4) is 0 Å². The Morgan fingerprint density at radius 3 is 1.78 bits per heavy atom. The predicted octanol–water partition coefficient (Wildman–Crippen LogP) is 5.80. The number of carbonyl (C=O) groups is 1. The number of rotatable bonds is 16. The first-order valence-electron chi connectivity index (χ1n) is 9.93. The van der Waals surface area contributed by atoms with E-state index in [9.17, 15) is 4.79 Å². The van der Waals surface area contributed by atoms with E-state index in [0.29, 0.717) is 6.42 Å². The van der Waals surface area contributed by atoms with Crippen LogP contribution in [-0.4, -0.2) is 25.3 Å². The molecule has 23 heavy (non-hydrogen) atoms. The number of methoxy groups -OCH3 is 1. The van der Waals surface area contributed by atoms with Crippen molar-refractivity contribution in [3.05, 3.63) is 0 Å². The Morgan fingerprint density at radius 2 is 1.35 bits per heavy atom. The van der Waals surface area contributed by atoms with Gasteiger partial charge in [-0.2, -0.15) is 0 Å². The number of hydrogen-bond acceptors (Lipinski definition) is 3. The topological polar surface area (TPSA) is 38.8 Å². The molecule has 1 unspecified atom stereocenters. The Kier molecular flexibility index (Phi) is 11.4. The van der Waals surface area contributed by atoms with Gasteiger partial charge in [0.05, 0.1) is 19.3 Å². The molecular weight excluding hydrogens is 288 g/mol. The van der Waals surface area contributed by atoms with Gasteiger partial charge in [-0.15, -0.1) is 0 Å². The lowest BCUT2D eigenvalue weighted by Crippen LogP contribution is -2.14. The van der Waals surface area contributed by atoms with E-state index < -0.39 is 0 Å². The molecule has 1 aliphatic heterocycles. The van der Waals surface area contributed by atoms with Crippen LogP contribution in [-0.2, 0) is 14.3 Å². The van der Waals surface area contributed by atoms with Crippen molar-refractivity contribution in [1.29, 1.82) is 0 Å². The SMILES string of the molecule is CCCCCCCCCCCCCCC1(CCC(=O)OC)CO1. The number of carbonyl (C=O) groups excluding carboxylic acids is 1. The summed E-state index contributed by atoms with van der Waals surface area (Å²) in [6.45, 7) is 3.11. The van der Waals surface area contributed by atoms with Crippen LogP contribution >= 0.6 is 0 Å². The van der Waals surface area contributed by atoms with Crippen LogP contribution in [0.15, 0.2) is 0 Å². The fraction of sp³-hybridized carbons (Fsp3) is 0.950. The third-order valence-electron chi connectivity index (χ3n) is 5.05. The number of unbranched alkanes of at least 4 members (excludes halogenated alkanes) is 11. The maximum Gasteiger partial charge on any atom is 0.305 e. The molecule has 0 aliphatic carbocycles. The quantitative estimate of drug-likeness (QED) is 0.204. The van der Waals surface area contributed by atoms with Crippen molar-refractivity contribution in [2.75, 3.05) is 13.7 Å². The van der Waals surface area contributed by atoms with Crippen LogP contribution in [0.2, 0.25) is 0 Å². The van der Waals surface area contributed by atoms with Crippen molar-refractivity contribution in [3.63, 3.8) is 0 Å². The van der Waals surface area contributed by atoms with Gasteiger partial charge in [-0.1, -0.05) is 84.0 Å². The first kappa shape index (κ1) is 20.5. The lowest BCUT2D eigenvalue weighted by molar-refractivity contribution is -0.141. The Labute approximate surface area is 143 Å². The molecule has 1 aliphatic rings. The summed E-state index contributed by atoms with van der Waals surface area (Å²) in [5.74, 6) is -0.116. The molecule has 0 aromatic rings. The molecule has 0 spiro atoms. The van der Waals surface area contributed by atoms with Gasteiger partial charge < -0.3 is 9.47 Å². The summed E-state index contributed by atoms with van der Waals surface area (Å²) in [6.07, 6.45) is 19.0. The van der Waals surface area contributed by atoms with Crippen molar-refractivity contribution in [2.45, 2.75) is 109 Å². The lowest BCUT2D eigenvalue weighted by Gasteiger charge is -2.10. The maximum atomic E-state index is 11.2. The van der Waals surface area contributed by atoms with Gasteiger partial charge in [0, 0.05) is 6.42 Å². The Bertz CT molecular complexity index is 297. The van der Waals surface area contributed by atoms with Gasteiger partial charge in [0.25, 0.3) is 0 Å². The van der Waals surface area contributed by atoms with Crippen LogP contribution in [0, 0.1) is 0 Å². The van der Waals surface area contributed by atoms with Crippen molar-refractivity contribution in [2.24, 2.45) is 0 Å². The molecule has 1 saturated heterocycles. The third-order valence-corrected chi connectivity index (χ3v) is 5.05. The van der Waals surface area contributed by atoms with Crippen LogP contribution in [0.25, 0.3) is 0 Å². The maximum absolute atomic E-state index is 11.2. The van der Waals surface area contributed by atoms with E-state index in [4.69, 9.17) is 9.47 Å². The zero-order chi connectivity index (χ0) is 16.8. The van der Waals surface area contributed by atoms with Gasteiger partial charge in [-0.25, -0.2) is 0 Å². The molecule has 136 valence electrons. The van der Waals surface area contributed by atoms with Gasteiger partial charge in [-0.3, -0.25) is 4.79 Å². The van der Waals surface area contributed by atoms with Gasteiger partial charge in [-0.05, 0) is 12.8 Å². The van der Waals surface area contributed by atoms with Crippen LogP contribution in [0.1, 0.15) is 103 Å². The van der Waals surface area contributed by atoms with Gasteiger partial charge >= 0.3 is 5.97 Å². The van der Waals surface area contributed by atoms with Crippen molar-refractivity contribution in [1.82, 2.24) is 0 Å². The number of ether oxygens (including phenoxy) is 2. The average molecular weight is 327 g/mol. The molecule has 0 saturated carbocycles. The van der Waals surface area contributed by atoms with Crippen LogP contribution in [0.5, 0.6) is 0 Å². The van der Waals surface area contributed by atoms with E-state index >= 15 is 0 Å². The molecule has 0 aromatic heterocycles. The molecule has 1 heterocycles. The second-order valence-corrected chi connectivity index (χ2v) is 7.19. The van der Waals surface area contributed by atoms with Crippen LogP contribution in [0.4, 0.5) is 0 Å². The molecule has 0 bridgehead atoms. The largest absolute Gasteiger partial charge is 0.469 e. The van der Waals surface area contributed by atoms with Gasteiger partial charge in [0.15, 0.2) is 0 Å². The molecule has 3 heteroatoms. The molecule has 0 aromatic carbocycles. The minimum absolute atomic E-state index is 0.0205. The predicted molar refractivity (Wildman–Crippen MR) is 95.6 cm³/mol. The molecule has 0 N–H and O–H groups in total. The number of epoxide rings is 1. The fourth-order valence-electron chi connectivity index (χ4n) is 3.24. The van der Waals surface area contributed by atoms with E-state index in [1.165, 1.54) is 84.2 Å². The van der Waals surface area contributed by atoms with E-state index in [-0.39, 0.29) is 11.6 Å². The van der Waals surface area contributed by atoms with Crippen LogP contribution < -0.4 is 0 Å². The Balaban J connectivity index is 1.82. The second-order valence-electron chi connectivity index (χ2n) is 7.19. The van der Waals surface area contributed by atoms with E-state index in [1.807, 2.05) is 0 Å².